The standard InChI is InChI=1S/C24H34O2/c1-4-17-14-23-11-12-24(17,15(2)25)22(23,3)10-9-20-19-7-6-18(26)13-16(19)5-8-21(20)23/h13,17,19-21H,4-12,14H2,1-3H3/t17?,19-,20+,21+,22-,23?,24-/m0/s1. The molecule has 0 aromatic rings. The molecular formula is C24H34O2. The van der Waals surface area contributed by atoms with Gasteiger partial charge in [0.2, 0.25) is 0 Å². The molecule has 5 aliphatic rings. The summed E-state index contributed by atoms with van der Waals surface area (Å²) in [6, 6.07) is 0. The average Bonchev–Trinajstić information content (AvgIpc) is 3.03. The number of fused-ring (bicyclic) bond motifs is 3. The van der Waals surface area contributed by atoms with Gasteiger partial charge >= 0.3 is 0 Å². The zero-order valence-electron chi connectivity index (χ0n) is 16.8. The van der Waals surface area contributed by atoms with E-state index in [4.69, 9.17) is 0 Å². The van der Waals surface area contributed by atoms with E-state index in [9.17, 15) is 9.59 Å². The van der Waals surface area contributed by atoms with E-state index in [0.717, 1.165) is 43.9 Å². The fourth-order valence-corrected chi connectivity index (χ4v) is 9.55. The number of rotatable bonds is 2. The third-order valence-corrected chi connectivity index (χ3v) is 10.5. The summed E-state index contributed by atoms with van der Waals surface area (Å²) >= 11 is 0. The molecule has 0 amide bonds. The van der Waals surface area contributed by atoms with Gasteiger partial charge in [0.25, 0.3) is 0 Å². The molecule has 2 heteroatoms. The minimum absolute atomic E-state index is 0.0363. The van der Waals surface area contributed by atoms with Crippen LogP contribution in [0.2, 0.25) is 0 Å². The average molecular weight is 355 g/mol. The molecule has 0 aromatic heterocycles. The van der Waals surface area contributed by atoms with Crippen molar-refractivity contribution < 1.29 is 9.59 Å². The van der Waals surface area contributed by atoms with Crippen molar-refractivity contribution in [2.24, 2.45) is 39.9 Å². The van der Waals surface area contributed by atoms with Crippen molar-refractivity contribution in [2.75, 3.05) is 0 Å². The summed E-state index contributed by atoms with van der Waals surface area (Å²) in [5.41, 5.74) is 2.06. The van der Waals surface area contributed by atoms with Crippen molar-refractivity contribution in [3.8, 4) is 0 Å². The van der Waals surface area contributed by atoms with Gasteiger partial charge in [0.15, 0.2) is 5.78 Å². The first-order valence-electron chi connectivity index (χ1n) is 11.1. The topological polar surface area (TPSA) is 34.1 Å². The Morgan fingerprint density at radius 1 is 1.15 bits per heavy atom. The maximum atomic E-state index is 13.0. The lowest BCUT2D eigenvalue weighted by molar-refractivity contribution is -0.142. The molecule has 4 fully saturated rings. The molecule has 2 bridgehead atoms. The van der Waals surface area contributed by atoms with Crippen LogP contribution in [-0.2, 0) is 9.59 Å². The van der Waals surface area contributed by atoms with Crippen molar-refractivity contribution in [2.45, 2.75) is 85.0 Å². The van der Waals surface area contributed by atoms with Crippen LogP contribution in [0.25, 0.3) is 0 Å². The van der Waals surface area contributed by atoms with Gasteiger partial charge in [-0.1, -0.05) is 25.8 Å². The van der Waals surface area contributed by atoms with Crippen LogP contribution in [0.5, 0.6) is 0 Å². The summed E-state index contributed by atoms with van der Waals surface area (Å²) in [6.07, 6.45) is 13.7. The summed E-state index contributed by atoms with van der Waals surface area (Å²) in [7, 11) is 0. The smallest absolute Gasteiger partial charge is 0.155 e. The molecule has 4 saturated carbocycles. The van der Waals surface area contributed by atoms with E-state index in [0.29, 0.717) is 28.8 Å². The molecule has 2 nitrogen and oxygen atoms in total. The van der Waals surface area contributed by atoms with Crippen LogP contribution in [0, 0.1) is 39.9 Å². The molecular weight excluding hydrogens is 320 g/mol. The van der Waals surface area contributed by atoms with Gasteiger partial charge in [0, 0.05) is 11.8 Å². The van der Waals surface area contributed by atoms with Gasteiger partial charge in [-0.2, -0.15) is 0 Å². The number of carbonyl (C=O) groups excluding carboxylic acids is 2. The first kappa shape index (κ1) is 17.2. The summed E-state index contributed by atoms with van der Waals surface area (Å²) in [5, 5.41) is 0. The molecule has 0 aromatic carbocycles. The Morgan fingerprint density at radius 3 is 2.69 bits per heavy atom. The first-order valence-corrected chi connectivity index (χ1v) is 11.1. The van der Waals surface area contributed by atoms with E-state index in [1.165, 1.54) is 37.7 Å². The number of hydrogen-bond donors (Lipinski definition) is 0. The molecule has 0 radical (unpaired) electrons. The fraction of sp³-hybridized carbons (Fsp3) is 0.833. The largest absolute Gasteiger partial charge is 0.299 e. The van der Waals surface area contributed by atoms with Gasteiger partial charge in [-0.25, -0.2) is 0 Å². The van der Waals surface area contributed by atoms with Crippen molar-refractivity contribution in [3.05, 3.63) is 11.6 Å². The first-order chi connectivity index (χ1) is 12.4. The van der Waals surface area contributed by atoms with E-state index in [2.05, 4.69) is 13.8 Å². The van der Waals surface area contributed by atoms with Crippen LogP contribution in [0.15, 0.2) is 11.6 Å². The predicted octanol–water partition coefficient (Wildman–Crippen LogP) is 5.50. The highest BCUT2D eigenvalue weighted by Gasteiger charge is 2.77. The van der Waals surface area contributed by atoms with Crippen LogP contribution in [0.1, 0.15) is 85.0 Å². The molecule has 0 N–H and O–H groups in total. The van der Waals surface area contributed by atoms with Crippen molar-refractivity contribution in [1.82, 2.24) is 0 Å². The van der Waals surface area contributed by atoms with Crippen LogP contribution in [-0.4, -0.2) is 11.6 Å². The third kappa shape index (κ3) is 1.71. The molecule has 26 heavy (non-hydrogen) atoms. The second-order valence-corrected chi connectivity index (χ2v) is 10.5. The SMILES string of the molecule is CCC1CC23CC[C@@]1(C(C)=O)[C@@]2(C)CC[C@H]1[C@H]3CCC2=CC(=O)CC[C@@H]21. The molecule has 5 aliphatic carbocycles. The van der Waals surface area contributed by atoms with Crippen molar-refractivity contribution in [1.29, 1.82) is 0 Å². The number of allylic oxidation sites excluding steroid dienone is 1. The van der Waals surface area contributed by atoms with Gasteiger partial charge in [0.1, 0.15) is 5.78 Å². The highest BCUT2D eigenvalue weighted by molar-refractivity contribution is 5.91. The number of carbonyl (C=O) groups is 2. The molecule has 0 saturated heterocycles. The van der Waals surface area contributed by atoms with Crippen LogP contribution in [0.4, 0.5) is 0 Å². The highest BCUT2D eigenvalue weighted by Crippen LogP contribution is 2.82. The Hall–Kier alpha value is -0.920. The number of hydrogen-bond acceptors (Lipinski definition) is 2. The van der Waals surface area contributed by atoms with E-state index >= 15 is 0 Å². The molecule has 7 atom stereocenters. The molecule has 5 rings (SSSR count). The molecule has 2 unspecified atom stereocenters. The Labute approximate surface area is 158 Å². The Morgan fingerprint density at radius 2 is 1.96 bits per heavy atom. The van der Waals surface area contributed by atoms with Crippen LogP contribution < -0.4 is 0 Å². The predicted molar refractivity (Wildman–Crippen MR) is 103 cm³/mol. The minimum Gasteiger partial charge on any atom is -0.299 e. The summed E-state index contributed by atoms with van der Waals surface area (Å²) in [4.78, 5) is 25.0. The normalized spacial score (nSPS) is 52.1. The number of Topliss-reactive ketones (excluding diaryl/α,β-unsaturated/α-hetero) is 1. The fourth-order valence-electron chi connectivity index (χ4n) is 9.55. The zero-order chi connectivity index (χ0) is 18.3. The minimum atomic E-state index is -0.0363. The van der Waals surface area contributed by atoms with Crippen LogP contribution in [0.3, 0.4) is 0 Å². The summed E-state index contributed by atoms with van der Waals surface area (Å²) < 4.78 is 0. The third-order valence-electron chi connectivity index (χ3n) is 10.5. The Bertz CT molecular complexity index is 705. The lowest BCUT2D eigenvalue weighted by Crippen LogP contribution is -2.54. The number of ketones is 2. The van der Waals surface area contributed by atoms with Gasteiger partial charge < -0.3 is 0 Å². The summed E-state index contributed by atoms with van der Waals surface area (Å²) in [5.74, 6) is 3.67. The lowest BCUT2D eigenvalue weighted by Gasteiger charge is -2.59. The van der Waals surface area contributed by atoms with Gasteiger partial charge in [-0.05, 0) is 98.9 Å². The van der Waals surface area contributed by atoms with Crippen LogP contribution >= 0.6 is 0 Å². The lowest BCUT2D eigenvalue weighted by atomic mass is 9.45. The second kappa shape index (κ2) is 5.32. The van der Waals surface area contributed by atoms with Gasteiger partial charge in [-0.15, -0.1) is 0 Å². The maximum absolute atomic E-state index is 13.0. The Balaban J connectivity index is 1.58. The zero-order valence-corrected chi connectivity index (χ0v) is 16.8. The van der Waals surface area contributed by atoms with Gasteiger partial charge in [0.05, 0.1) is 0 Å². The van der Waals surface area contributed by atoms with Gasteiger partial charge in [-0.3, -0.25) is 9.59 Å². The molecule has 0 spiro atoms. The molecule has 0 heterocycles. The maximum Gasteiger partial charge on any atom is 0.155 e. The molecule has 142 valence electrons. The van der Waals surface area contributed by atoms with E-state index in [1.807, 2.05) is 13.0 Å². The van der Waals surface area contributed by atoms with Crippen molar-refractivity contribution in [3.63, 3.8) is 0 Å². The highest BCUT2D eigenvalue weighted by atomic mass is 16.1. The second-order valence-electron chi connectivity index (χ2n) is 10.5. The van der Waals surface area contributed by atoms with E-state index in [1.54, 1.807) is 0 Å². The van der Waals surface area contributed by atoms with Crippen molar-refractivity contribution >= 4 is 11.6 Å². The van der Waals surface area contributed by atoms with E-state index < -0.39 is 0 Å². The monoisotopic (exact) mass is 354 g/mol. The summed E-state index contributed by atoms with van der Waals surface area (Å²) in [6.45, 7) is 6.73. The quantitative estimate of drug-likeness (QED) is 0.656. The molecule has 0 aliphatic heterocycles. The van der Waals surface area contributed by atoms with E-state index in [-0.39, 0.29) is 10.8 Å². The Kier molecular flexibility index (Phi) is 3.52.